The van der Waals surface area contributed by atoms with E-state index in [0.717, 1.165) is 4.31 Å². The summed E-state index contributed by atoms with van der Waals surface area (Å²) in [4.78, 5) is 12.4. The van der Waals surface area contributed by atoms with Crippen LogP contribution in [0, 0.1) is 5.92 Å². The Morgan fingerprint density at radius 2 is 1.70 bits per heavy atom. The topological polar surface area (TPSA) is 75.7 Å². The van der Waals surface area contributed by atoms with Crippen molar-refractivity contribution in [2.45, 2.75) is 25.7 Å². The molecule has 146 valence electrons. The molecule has 0 bridgehead atoms. The van der Waals surface area contributed by atoms with Gasteiger partial charge in [0.2, 0.25) is 5.91 Å². The summed E-state index contributed by atoms with van der Waals surface area (Å²) in [6, 6.07) is 14.8. The minimum absolute atomic E-state index is 0.103. The fourth-order valence-corrected chi connectivity index (χ4v) is 3.84. The van der Waals surface area contributed by atoms with Gasteiger partial charge in [0.25, 0.3) is 10.0 Å². The zero-order chi connectivity index (χ0) is 19.9. The van der Waals surface area contributed by atoms with Crippen LogP contribution in [0.4, 0.5) is 5.69 Å². The molecule has 2 rings (SSSR count). The summed E-state index contributed by atoms with van der Waals surface area (Å²) in [6.07, 6.45) is 0. The van der Waals surface area contributed by atoms with Crippen LogP contribution in [0.3, 0.4) is 0 Å². The van der Waals surface area contributed by atoms with Crippen molar-refractivity contribution in [1.29, 1.82) is 0 Å². The molecule has 1 N–H and O–H groups in total. The summed E-state index contributed by atoms with van der Waals surface area (Å²) in [5, 5.41) is 2.77. The Bertz CT molecular complexity index is 834. The number of anilines is 1. The number of para-hydroxylation sites is 1. The van der Waals surface area contributed by atoms with E-state index >= 15 is 0 Å². The molecule has 2 aromatic rings. The molecule has 6 nitrogen and oxygen atoms in total. The number of hydrogen-bond donors (Lipinski definition) is 1. The molecule has 1 amide bonds. The van der Waals surface area contributed by atoms with Gasteiger partial charge in [-0.05, 0) is 49.2 Å². The highest BCUT2D eigenvalue weighted by Gasteiger charge is 2.27. The maximum absolute atomic E-state index is 13.2. The molecule has 0 heterocycles. The second kappa shape index (κ2) is 9.41. The van der Waals surface area contributed by atoms with Crippen molar-refractivity contribution in [2.75, 3.05) is 24.0 Å². The fraction of sp³-hybridized carbons (Fsp3) is 0.350. The van der Waals surface area contributed by atoms with Gasteiger partial charge in [0, 0.05) is 6.54 Å². The molecule has 7 heteroatoms. The third-order valence-electron chi connectivity index (χ3n) is 3.76. The molecule has 0 saturated heterocycles. The summed E-state index contributed by atoms with van der Waals surface area (Å²) >= 11 is 0. The summed E-state index contributed by atoms with van der Waals surface area (Å²) in [5.74, 6) is 0.529. The van der Waals surface area contributed by atoms with Crippen molar-refractivity contribution >= 4 is 21.6 Å². The van der Waals surface area contributed by atoms with Gasteiger partial charge in [0.15, 0.2) is 0 Å². The first-order valence-corrected chi connectivity index (χ1v) is 10.4. The van der Waals surface area contributed by atoms with E-state index in [2.05, 4.69) is 5.32 Å². The highest BCUT2D eigenvalue weighted by atomic mass is 32.2. The number of rotatable bonds is 9. The molecule has 0 fully saturated rings. The van der Waals surface area contributed by atoms with Gasteiger partial charge in [0.1, 0.15) is 12.3 Å². The number of amides is 1. The standard InChI is InChI=1S/C20H26N2O4S/c1-4-26-18-10-12-19(13-11-18)27(24,25)22(17-8-6-5-7-9-17)15-20(23)21-14-16(2)3/h5-13,16H,4,14-15H2,1-3H3,(H,21,23). The number of nitrogens with zero attached hydrogens (tertiary/aromatic N) is 1. The van der Waals surface area contributed by atoms with E-state index < -0.39 is 10.0 Å². The lowest BCUT2D eigenvalue weighted by atomic mass is 10.2. The smallest absolute Gasteiger partial charge is 0.264 e. The Kier molecular flexibility index (Phi) is 7.24. The van der Waals surface area contributed by atoms with Crippen molar-refractivity contribution < 1.29 is 17.9 Å². The molecular weight excluding hydrogens is 364 g/mol. The average molecular weight is 391 g/mol. The third-order valence-corrected chi connectivity index (χ3v) is 5.55. The van der Waals surface area contributed by atoms with Gasteiger partial charge in [-0.3, -0.25) is 9.10 Å². The first-order chi connectivity index (χ1) is 12.8. The van der Waals surface area contributed by atoms with E-state index in [0.29, 0.717) is 24.6 Å². The highest BCUT2D eigenvalue weighted by molar-refractivity contribution is 7.92. The van der Waals surface area contributed by atoms with Crippen LogP contribution in [0.5, 0.6) is 5.75 Å². The van der Waals surface area contributed by atoms with Crippen molar-refractivity contribution in [3.8, 4) is 5.75 Å². The number of hydrogen-bond acceptors (Lipinski definition) is 4. The van der Waals surface area contributed by atoms with Crippen molar-refractivity contribution in [3.63, 3.8) is 0 Å². The zero-order valence-corrected chi connectivity index (χ0v) is 16.7. The minimum Gasteiger partial charge on any atom is -0.494 e. The maximum atomic E-state index is 13.2. The molecule has 0 atom stereocenters. The monoisotopic (exact) mass is 390 g/mol. The number of carbonyl (C=O) groups is 1. The Hall–Kier alpha value is -2.54. The van der Waals surface area contributed by atoms with Crippen molar-refractivity contribution in [1.82, 2.24) is 5.32 Å². The Morgan fingerprint density at radius 1 is 1.07 bits per heavy atom. The van der Waals surface area contributed by atoms with Crippen LogP contribution in [0.15, 0.2) is 59.5 Å². The third kappa shape index (κ3) is 5.72. The average Bonchev–Trinajstić information content (AvgIpc) is 2.65. The van der Waals surface area contributed by atoms with Crippen molar-refractivity contribution in [2.24, 2.45) is 5.92 Å². The number of ether oxygens (including phenoxy) is 1. The zero-order valence-electron chi connectivity index (χ0n) is 15.9. The van der Waals surface area contributed by atoms with Gasteiger partial charge in [-0.2, -0.15) is 0 Å². The predicted octanol–water partition coefficient (Wildman–Crippen LogP) is 3.05. The maximum Gasteiger partial charge on any atom is 0.264 e. The number of benzene rings is 2. The van der Waals surface area contributed by atoms with Crippen LogP contribution in [0.2, 0.25) is 0 Å². The molecule has 0 saturated carbocycles. The molecule has 0 radical (unpaired) electrons. The summed E-state index contributed by atoms with van der Waals surface area (Å²) in [7, 11) is -3.90. The van der Waals surface area contributed by atoms with Crippen molar-refractivity contribution in [3.05, 3.63) is 54.6 Å². The van der Waals surface area contributed by atoms with Gasteiger partial charge >= 0.3 is 0 Å². The highest BCUT2D eigenvalue weighted by Crippen LogP contribution is 2.24. The van der Waals surface area contributed by atoms with Gasteiger partial charge in [-0.25, -0.2) is 8.42 Å². The van der Waals surface area contributed by atoms with E-state index in [-0.39, 0.29) is 23.3 Å². The van der Waals surface area contributed by atoms with Crippen LogP contribution in [0.1, 0.15) is 20.8 Å². The predicted molar refractivity (Wildman–Crippen MR) is 106 cm³/mol. The van der Waals surface area contributed by atoms with E-state index in [1.54, 1.807) is 42.5 Å². The fourth-order valence-electron chi connectivity index (χ4n) is 2.42. The van der Waals surface area contributed by atoms with E-state index in [9.17, 15) is 13.2 Å². The Morgan fingerprint density at radius 3 is 2.26 bits per heavy atom. The second-order valence-electron chi connectivity index (χ2n) is 6.45. The second-order valence-corrected chi connectivity index (χ2v) is 8.31. The van der Waals surface area contributed by atoms with Crippen LogP contribution in [0.25, 0.3) is 0 Å². The van der Waals surface area contributed by atoms with E-state index in [1.807, 2.05) is 20.8 Å². The molecule has 0 aliphatic rings. The SMILES string of the molecule is CCOc1ccc(S(=O)(=O)N(CC(=O)NCC(C)C)c2ccccc2)cc1. The van der Waals surface area contributed by atoms with E-state index in [1.165, 1.54) is 12.1 Å². The summed E-state index contributed by atoms with van der Waals surface area (Å²) in [6.45, 7) is 6.52. The Labute approximate surface area is 161 Å². The van der Waals surface area contributed by atoms with Gasteiger partial charge in [0.05, 0.1) is 17.2 Å². The lowest BCUT2D eigenvalue weighted by molar-refractivity contribution is -0.119. The molecule has 0 aromatic heterocycles. The molecule has 0 aliphatic heterocycles. The van der Waals surface area contributed by atoms with Gasteiger partial charge in [-0.1, -0.05) is 32.0 Å². The first kappa shape index (κ1) is 20.8. The van der Waals surface area contributed by atoms with E-state index in [4.69, 9.17) is 4.74 Å². The molecular formula is C20H26N2O4S. The van der Waals surface area contributed by atoms with Crippen LogP contribution in [-0.4, -0.2) is 34.0 Å². The minimum atomic E-state index is -3.90. The first-order valence-electron chi connectivity index (χ1n) is 8.92. The van der Waals surface area contributed by atoms with Crippen LogP contribution in [-0.2, 0) is 14.8 Å². The molecule has 0 aliphatic carbocycles. The molecule has 2 aromatic carbocycles. The molecule has 27 heavy (non-hydrogen) atoms. The quantitative estimate of drug-likeness (QED) is 0.714. The molecule has 0 unspecified atom stereocenters. The van der Waals surface area contributed by atoms with Gasteiger partial charge in [-0.15, -0.1) is 0 Å². The van der Waals surface area contributed by atoms with Gasteiger partial charge < -0.3 is 10.1 Å². The largest absolute Gasteiger partial charge is 0.494 e. The number of nitrogens with one attached hydrogen (secondary N) is 1. The molecule has 0 spiro atoms. The normalized spacial score (nSPS) is 11.3. The van der Waals surface area contributed by atoms with Crippen LogP contribution >= 0.6 is 0 Å². The summed E-state index contributed by atoms with van der Waals surface area (Å²) in [5.41, 5.74) is 0.436. The van der Waals surface area contributed by atoms with Crippen LogP contribution < -0.4 is 14.4 Å². The summed E-state index contributed by atoms with van der Waals surface area (Å²) < 4.78 is 32.8. The number of carbonyl (C=O) groups excluding carboxylic acids is 1. The Balaban J connectivity index is 2.32. The lowest BCUT2D eigenvalue weighted by Crippen LogP contribution is -2.41. The number of sulfonamides is 1. The lowest BCUT2D eigenvalue weighted by Gasteiger charge is -2.24.